The van der Waals surface area contributed by atoms with E-state index in [9.17, 15) is 4.79 Å². The van der Waals surface area contributed by atoms with Crippen molar-refractivity contribution in [2.24, 2.45) is 0 Å². The molecule has 1 aromatic carbocycles. The minimum atomic E-state index is -0.341. The van der Waals surface area contributed by atoms with Crippen molar-refractivity contribution >= 4 is 34.1 Å². The maximum atomic E-state index is 11.9. The van der Waals surface area contributed by atoms with E-state index in [1.54, 1.807) is 12.3 Å². The fourth-order valence-corrected chi connectivity index (χ4v) is 1.75. The van der Waals surface area contributed by atoms with E-state index in [4.69, 9.17) is 11.6 Å². The number of fused-ring (bicyclic) bond motifs is 1. The lowest BCUT2D eigenvalue weighted by Gasteiger charge is -2.04. The highest BCUT2D eigenvalue weighted by Gasteiger charge is 2.08. The summed E-state index contributed by atoms with van der Waals surface area (Å²) in [6, 6.07) is 8.47. The Kier molecular flexibility index (Phi) is 2.85. The Morgan fingerprint density at radius 3 is 2.89 bits per heavy atom. The molecule has 0 radical (unpaired) electrons. The summed E-state index contributed by atoms with van der Waals surface area (Å²) in [5, 5.41) is 18.0. The lowest BCUT2D eigenvalue weighted by atomic mass is 10.2. The Morgan fingerprint density at radius 2 is 2.11 bits per heavy atom. The molecule has 0 spiro atoms. The van der Waals surface area contributed by atoms with Crippen LogP contribution in [0.4, 0.5) is 5.69 Å². The molecule has 0 atom stereocenters. The first-order chi connectivity index (χ1) is 9.22. The van der Waals surface area contributed by atoms with Crippen molar-refractivity contribution in [1.29, 1.82) is 0 Å². The molecule has 7 heteroatoms. The average Bonchev–Trinajstić information content (AvgIpc) is 2.87. The van der Waals surface area contributed by atoms with E-state index in [-0.39, 0.29) is 16.8 Å². The van der Waals surface area contributed by atoms with E-state index in [1.165, 1.54) is 12.1 Å². The number of hydrogen-bond acceptors (Lipinski definition) is 4. The molecule has 0 bridgehead atoms. The van der Waals surface area contributed by atoms with Crippen LogP contribution in [0.2, 0.25) is 5.15 Å². The largest absolute Gasteiger partial charge is 0.321 e. The van der Waals surface area contributed by atoms with Crippen molar-refractivity contribution in [3.8, 4) is 0 Å². The number of aromatic amines is 1. The van der Waals surface area contributed by atoms with Gasteiger partial charge in [0.05, 0.1) is 11.7 Å². The SMILES string of the molecule is O=C(Nc1ccc2[nH]ncc2c1)c1ccc(Cl)nn1. The average molecular weight is 274 g/mol. The molecule has 94 valence electrons. The number of H-pyrrole nitrogens is 1. The van der Waals surface area contributed by atoms with E-state index < -0.39 is 0 Å². The van der Waals surface area contributed by atoms with Crippen LogP contribution in [0.5, 0.6) is 0 Å². The molecule has 1 amide bonds. The highest BCUT2D eigenvalue weighted by molar-refractivity contribution is 6.29. The Balaban J connectivity index is 1.83. The molecule has 0 aliphatic carbocycles. The third-order valence-corrected chi connectivity index (χ3v) is 2.76. The van der Waals surface area contributed by atoms with Gasteiger partial charge in [0, 0.05) is 11.1 Å². The molecule has 0 unspecified atom stereocenters. The van der Waals surface area contributed by atoms with E-state index in [0.29, 0.717) is 5.69 Å². The number of halogens is 1. The normalized spacial score (nSPS) is 10.6. The number of benzene rings is 1. The second-order valence-corrected chi connectivity index (χ2v) is 4.25. The number of nitrogens with zero attached hydrogens (tertiary/aromatic N) is 3. The number of rotatable bonds is 2. The molecule has 0 saturated carbocycles. The summed E-state index contributed by atoms with van der Waals surface area (Å²) in [6.45, 7) is 0. The van der Waals surface area contributed by atoms with Gasteiger partial charge in [-0.1, -0.05) is 11.6 Å². The molecule has 6 nitrogen and oxygen atoms in total. The van der Waals surface area contributed by atoms with E-state index in [1.807, 2.05) is 12.1 Å². The van der Waals surface area contributed by atoms with Gasteiger partial charge in [-0.15, -0.1) is 10.2 Å². The maximum absolute atomic E-state index is 11.9. The maximum Gasteiger partial charge on any atom is 0.276 e. The standard InChI is InChI=1S/C12H8ClN5O/c13-11-4-3-10(17-18-11)12(19)15-8-1-2-9-7(5-8)6-14-16-9/h1-6H,(H,14,16)(H,15,19). The molecular weight excluding hydrogens is 266 g/mol. The highest BCUT2D eigenvalue weighted by Crippen LogP contribution is 2.17. The number of amides is 1. The van der Waals surface area contributed by atoms with E-state index in [0.717, 1.165) is 10.9 Å². The van der Waals surface area contributed by atoms with E-state index >= 15 is 0 Å². The van der Waals surface area contributed by atoms with Crippen molar-refractivity contribution in [3.63, 3.8) is 0 Å². The number of aromatic nitrogens is 4. The van der Waals surface area contributed by atoms with Gasteiger partial charge < -0.3 is 5.32 Å². The number of anilines is 1. The topological polar surface area (TPSA) is 83.6 Å². The van der Waals surface area contributed by atoms with Crippen molar-refractivity contribution in [2.75, 3.05) is 5.32 Å². The summed E-state index contributed by atoms with van der Waals surface area (Å²) in [5.74, 6) is -0.341. The molecule has 2 N–H and O–H groups in total. The van der Waals surface area contributed by atoms with Gasteiger partial charge in [0.1, 0.15) is 0 Å². The first-order valence-corrected chi connectivity index (χ1v) is 5.84. The zero-order valence-electron chi connectivity index (χ0n) is 9.59. The molecule has 3 aromatic rings. The molecule has 2 aromatic heterocycles. The summed E-state index contributed by atoms with van der Waals surface area (Å²) in [7, 11) is 0. The minimum Gasteiger partial charge on any atom is -0.321 e. The van der Waals surface area contributed by atoms with Gasteiger partial charge in [-0.2, -0.15) is 5.10 Å². The predicted octanol–water partition coefficient (Wildman–Crippen LogP) is 2.26. The van der Waals surface area contributed by atoms with Gasteiger partial charge in [-0.05, 0) is 30.3 Å². The Bertz CT molecular complexity index is 737. The van der Waals surface area contributed by atoms with Crippen LogP contribution < -0.4 is 5.32 Å². The van der Waals surface area contributed by atoms with Crippen LogP contribution in [0.1, 0.15) is 10.5 Å². The molecule has 2 heterocycles. The van der Waals surface area contributed by atoms with Gasteiger partial charge in [-0.25, -0.2) is 0 Å². The third-order valence-electron chi connectivity index (χ3n) is 2.56. The van der Waals surface area contributed by atoms with E-state index in [2.05, 4.69) is 25.7 Å². The monoisotopic (exact) mass is 273 g/mol. The summed E-state index contributed by atoms with van der Waals surface area (Å²) >= 11 is 5.61. The lowest BCUT2D eigenvalue weighted by molar-refractivity contribution is 0.102. The highest BCUT2D eigenvalue weighted by atomic mass is 35.5. The molecule has 0 fully saturated rings. The predicted molar refractivity (Wildman–Crippen MR) is 71.1 cm³/mol. The lowest BCUT2D eigenvalue weighted by Crippen LogP contribution is -2.14. The summed E-state index contributed by atoms with van der Waals surface area (Å²) < 4.78 is 0. The van der Waals surface area contributed by atoms with Crippen molar-refractivity contribution in [2.45, 2.75) is 0 Å². The van der Waals surface area contributed by atoms with Crippen LogP contribution in [0.15, 0.2) is 36.5 Å². The molecule has 19 heavy (non-hydrogen) atoms. The molecule has 0 aliphatic heterocycles. The third kappa shape index (κ3) is 2.38. The van der Waals surface area contributed by atoms with Crippen LogP contribution in [0, 0.1) is 0 Å². The van der Waals surface area contributed by atoms with Gasteiger partial charge >= 0.3 is 0 Å². The van der Waals surface area contributed by atoms with Crippen LogP contribution >= 0.6 is 11.6 Å². The van der Waals surface area contributed by atoms with Gasteiger partial charge in [-0.3, -0.25) is 9.89 Å². The Hall–Kier alpha value is -2.47. The van der Waals surface area contributed by atoms with Gasteiger partial charge in [0.15, 0.2) is 10.8 Å². The summed E-state index contributed by atoms with van der Waals surface area (Å²) in [6.07, 6.45) is 1.69. The zero-order chi connectivity index (χ0) is 13.2. The molecule has 0 saturated heterocycles. The van der Waals surface area contributed by atoms with Crippen LogP contribution in [0.25, 0.3) is 10.9 Å². The molecule has 3 rings (SSSR count). The second-order valence-electron chi connectivity index (χ2n) is 3.87. The smallest absolute Gasteiger partial charge is 0.276 e. The van der Waals surface area contributed by atoms with Crippen molar-refractivity contribution in [1.82, 2.24) is 20.4 Å². The van der Waals surface area contributed by atoms with Crippen LogP contribution in [-0.4, -0.2) is 26.3 Å². The fourth-order valence-electron chi connectivity index (χ4n) is 1.65. The first kappa shape index (κ1) is 11.6. The number of nitrogens with one attached hydrogen (secondary N) is 2. The Morgan fingerprint density at radius 1 is 1.21 bits per heavy atom. The number of carbonyl (C=O) groups excluding carboxylic acids is 1. The molecular formula is C12H8ClN5O. The summed E-state index contributed by atoms with van der Waals surface area (Å²) in [4.78, 5) is 11.9. The van der Waals surface area contributed by atoms with Gasteiger partial charge in [0.25, 0.3) is 5.91 Å². The number of carbonyl (C=O) groups is 1. The van der Waals surface area contributed by atoms with Gasteiger partial charge in [0.2, 0.25) is 0 Å². The summed E-state index contributed by atoms with van der Waals surface area (Å²) in [5.41, 5.74) is 1.77. The van der Waals surface area contributed by atoms with Crippen LogP contribution in [-0.2, 0) is 0 Å². The number of hydrogen-bond donors (Lipinski definition) is 2. The van der Waals surface area contributed by atoms with Crippen molar-refractivity contribution in [3.05, 3.63) is 47.4 Å². The van der Waals surface area contributed by atoms with Crippen molar-refractivity contribution < 1.29 is 4.79 Å². The Labute approximate surface area is 112 Å². The quantitative estimate of drug-likeness (QED) is 0.750. The first-order valence-electron chi connectivity index (χ1n) is 5.46. The minimum absolute atomic E-state index is 0.205. The fraction of sp³-hybridized carbons (Fsp3) is 0. The second kappa shape index (κ2) is 4.66. The van der Waals surface area contributed by atoms with Crippen LogP contribution in [0.3, 0.4) is 0 Å². The molecule has 0 aliphatic rings. The zero-order valence-corrected chi connectivity index (χ0v) is 10.3.